The summed E-state index contributed by atoms with van der Waals surface area (Å²) >= 11 is 0. The van der Waals surface area contributed by atoms with Gasteiger partial charge in [0.15, 0.2) is 0 Å². The molecule has 0 bridgehead atoms. The van der Waals surface area contributed by atoms with E-state index in [1.54, 1.807) is 0 Å². The molecule has 2 nitrogen and oxygen atoms in total. The van der Waals surface area contributed by atoms with Crippen molar-refractivity contribution in [3.63, 3.8) is 0 Å². The Morgan fingerprint density at radius 3 is 2.82 bits per heavy atom. The topological polar surface area (TPSA) is 16.1 Å². The first kappa shape index (κ1) is 6.65. The molecule has 1 radical (unpaired) electrons. The number of hydrogen-bond acceptors (Lipinski definition) is 2. The van der Waals surface area contributed by atoms with Crippen molar-refractivity contribution in [2.24, 2.45) is 0 Å². The molecular weight excluding hydrogens is 136 g/mol. The van der Waals surface area contributed by atoms with Crippen molar-refractivity contribution in [3.8, 4) is 0 Å². The fraction of sp³-hybridized carbons (Fsp3) is 0.444. The van der Waals surface area contributed by atoms with Crippen LogP contribution < -0.4 is 4.90 Å². The van der Waals surface area contributed by atoms with E-state index in [1.165, 1.54) is 12.8 Å². The summed E-state index contributed by atoms with van der Waals surface area (Å²) in [5.74, 6) is 1.07. The van der Waals surface area contributed by atoms with Crippen molar-refractivity contribution in [3.05, 3.63) is 24.4 Å². The van der Waals surface area contributed by atoms with Crippen LogP contribution in [0.15, 0.2) is 18.2 Å². The van der Waals surface area contributed by atoms with Crippen molar-refractivity contribution in [2.45, 2.75) is 12.8 Å². The molecule has 1 aliphatic heterocycles. The lowest BCUT2D eigenvalue weighted by Crippen LogP contribution is -2.18. The van der Waals surface area contributed by atoms with E-state index < -0.39 is 0 Å². The number of pyridine rings is 1. The van der Waals surface area contributed by atoms with Crippen LogP contribution in [0.5, 0.6) is 0 Å². The molecule has 0 N–H and O–H groups in total. The second-order valence-electron chi connectivity index (χ2n) is 2.82. The summed E-state index contributed by atoms with van der Waals surface area (Å²) in [7, 11) is 0. The second-order valence-corrected chi connectivity index (χ2v) is 2.82. The van der Waals surface area contributed by atoms with Gasteiger partial charge in [-0.2, -0.15) is 0 Å². The lowest BCUT2D eigenvalue weighted by atomic mass is 10.4. The fourth-order valence-electron chi connectivity index (χ4n) is 1.44. The minimum atomic E-state index is 1.07. The molecule has 2 heteroatoms. The summed E-state index contributed by atoms with van der Waals surface area (Å²) in [6.45, 7) is 2.32. The van der Waals surface area contributed by atoms with Crippen LogP contribution >= 0.6 is 0 Å². The number of nitrogens with zero attached hydrogens (tertiary/aromatic N) is 2. The van der Waals surface area contributed by atoms with Gasteiger partial charge in [-0.3, -0.25) is 0 Å². The molecule has 0 aromatic carbocycles. The van der Waals surface area contributed by atoms with Gasteiger partial charge < -0.3 is 4.90 Å². The minimum Gasteiger partial charge on any atom is -0.357 e. The third-order valence-electron chi connectivity index (χ3n) is 2.03. The first-order valence-corrected chi connectivity index (χ1v) is 4.05. The summed E-state index contributed by atoms with van der Waals surface area (Å²) in [6.07, 6.45) is 5.45. The van der Waals surface area contributed by atoms with Crippen LogP contribution in [-0.2, 0) is 0 Å². The van der Waals surface area contributed by atoms with Crippen LogP contribution in [0.4, 0.5) is 5.82 Å². The van der Waals surface area contributed by atoms with Gasteiger partial charge in [-0.25, -0.2) is 4.98 Å². The Labute approximate surface area is 66.9 Å². The molecule has 1 aliphatic rings. The number of rotatable bonds is 1. The summed E-state index contributed by atoms with van der Waals surface area (Å²) in [4.78, 5) is 6.46. The zero-order valence-corrected chi connectivity index (χ0v) is 6.45. The quantitative estimate of drug-likeness (QED) is 0.598. The molecule has 1 aromatic heterocycles. The van der Waals surface area contributed by atoms with Gasteiger partial charge >= 0.3 is 0 Å². The average molecular weight is 147 g/mol. The minimum absolute atomic E-state index is 1.07. The maximum Gasteiger partial charge on any atom is 0.129 e. The van der Waals surface area contributed by atoms with E-state index in [0.29, 0.717) is 0 Å². The summed E-state index contributed by atoms with van der Waals surface area (Å²) in [6, 6.07) is 5.86. The van der Waals surface area contributed by atoms with Crippen LogP contribution in [0, 0.1) is 6.20 Å². The Kier molecular flexibility index (Phi) is 1.76. The molecule has 0 amide bonds. The molecule has 0 saturated carbocycles. The normalized spacial score (nSPS) is 17.3. The van der Waals surface area contributed by atoms with Crippen molar-refractivity contribution in [1.82, 2.24) is 4.98 Å². The first-order valence-electron chi connectivity index (χ1n) is 4.05. The van der Waals surface area contributed by atoms with E-state index in [4.69, 9.17) is 0 Å². The highest BCUT2D eigenvalue weighted by Crippen LogP contribution is 2.15. The van der Waals surface area contributed by atoms with Crippen LogP contribution in [0.3, 0.4) is 0 Å². The Hall–Kier alpha value is -1.05. The van der Waals surface area contributed by atoms with Gasteiger partial charge in [-0.05, 0) is 25.0 Å². The Balaban J connectivity index is 2.16. The van der Waals surface area contributed by atoms with Gasteiger partial charge in [0.2, 0.25) is 0 Å². The predicted molar refractivity (Wildman–Crippen MR) is 44.5 cm³/mol. The molecule has 0 unspecified atom stereocenters. The van der Waals surface area contributed by atoms with Crippen LogP contribution in [0.1, 0.15) is 12.8 Å². The lowest BCUT2D eigenvalue weighted by Gasteiger charge is -2.14. The van der Waals surface area contributed by atoms with Crippen molar-refractivity contribution in [1.29, 1.82) is 0 Å². The zero-order valence-electron chi connectivity index (χ0n) is 6.45. The van der Waals surface area contributed by atoms with Crippen molar-refractivity contribution in [2.75, 3.05) is 18.0 Å². The molecule has 2 heterocycles. The van der Waals surface area contributed by atoms with E-state index >= 15 is 0 Å². The zero-order chi connectivity index (χ0) is 7.52. The van der Waals surface area contributed by atoms with Crippen LogP contribution in [-0.4, -0.2) is 18.1 Å². The fourth-order valence-corrected chi connectivity index (χ4v) is 1.44. The summed E-state index contributed by atoms with van der Waals surface area (Å²) in [5, 5.41) is 0. The molecule has 0 atom stereocenters. The third kappa shape index (κ3) is 1.34. The molecule has 1 fully saturated rings. The van der Waals surface area contributed by atoms with Crippen molar-refractivity contribution >= 4 is 5.82 Å². The molecular formula is C9H11N2. The van der Waals surface area contributed by atoms with Gasteiger partial charge in [0.1, 0.15) is 5.82 Å². The monoisotopic (exact) mass is 147 g/mol. The molecule has 0 spiro atoms. The molecule has 0 aliphatic carbocycles. The predicted octanol–water partition coefficient (Wildman–Crippen LogP) is 1.48. The average Bonchev–Trinajstić information content (AvgIpc) is 2.58. The standard InChI is InChI=1S/C9H11N2/c1-2-6-10-9(5-1)11-7-3-4-8-11/h1-2,5H,3-4,7-8H2. The highest BCUT2D eigenvalue weighted by Gasteiger charge is 2.11. The lowest BCUT2D eigenvalue weighted by molar-refractivity contribution is 0.936. The van der Waals surface area contributed by atoms with E-state index in [-0.39, 0.29) is 0 Å². The van der Waals surface area contributed by atoms with Gasteiger partial charge in [-0.1, -0.05) is 6.07 Å². The van der Waals surface area contributed by atoms with E-state index in [2.05, 4.69) is 16.1 Å². The highest BCUT2D eigenvalue weighted by atomic mass is 15.2. The van der Waals surface area contributed by atoms with Gasteiger partial charge in [0.25, 0.3) is 0 Å². The smallest absolute Gasteiger partial charge is 0.129 e. The van der Waals surface area contributed by atoms with E-state index in [9.17, 15) is 0 Å². The van der Waals surface area contributed by atoms with Gasteiger partial charge in [0, 0.05) is 13.1 Å². The Morgan fingerprint density at radius 2 is 2.18 bits per heavy atom. The van der Waals surface area contributed by atoms with Crippen LogP contribution in [0.25, 0.3) is 0 Å². The Morgan fingerprint density at radius 1 is 1.36 bits per heavy atom. The van der Waals surface area contributed by atoms with Gasteiger partial charge in [0.05, 0.1) is 6.20 Å². The Bertz CT molecular complexity index is 214. The highest BCUT2D eigenvalue weighted by molar-refractivity contribution is 5.38. The number of anilines is 1. The molecule has 1 aromatic rings. The van der Waals surface area contributed by atoms with E-state index in [1.807, 2.05) is 18.2 Å². The number of hydrogen-bond donors (Lipinski definition) is 0. The summed E-state index contributed by atoms with van der Waals surface area (Å²) in [5.41, 5.74) is 0. The molecule has 11 heavy (non-hydrogen) atoms. The first-order chi connectivity index (χ1) is 5.47. The molecule has 2 rings (SSSR count). The van der Waals surface area contributed by atoms with E-state index in [0.717, 1.165) is 18.9 Å². The molecule has 1 saturated heterocycles. The SMILES string of the molecule is [c]1cccc(N2CCCC2)n1. The van der Waals surface area contributed by atoms with Crippen LogP contribution in [0.2, 0.25) is 0 Å². The maximum atomic E-state index is 4.16. The van der Waals surface area contributed by atoms with Gasteiger partial charge in [-0.15, -0.1) is 0 Å². The second kappa shape index (κ2) is 2.91. The molecule has 57 valence electrons. The maximum absolute atomic E-state index is 4.16. The van der Waals surface area contributed by atoms with Crippen molar-refractivity contribution < 1.29 is 0 Å². The third-order valence-corrected chi connectivity index (χ3v) is 2.03. The largest absolute Gasteiger partial charge is 0.357 e. The summed E-state index contributed by atoms with van der Waals surface area (Å²) < 4.78 is 0. The number of aromatic nitrogens is 1.